The number of carbonyl (C=O) groups excluding carboxylic acids is 1. The fourth-order valence-electron chi connectivity index (χ4n) is 2.98. The molecule has 0 unspecified atom stereocenters. The first-order valence-corrected chi connectivity index (χ1v) is 9.92. The van der Waals surface area contributed by atoms with E-state index in [1.165, 1.54) is 0 Å². The van der Waals surface area contributed by atoms with Gasteiger partial charge in [-0.1, -0.05) is 17.7 Å². The number of oxazole rings is 1. The van der Waals surface area contributed by atoms with Gasteiger partial charge in [0.2, 0.25) is 5.89 Å². The lowest BCUT2D eigenvalue weighted by molar-refractivity contribution is -0.128. The van der Waals surface area contributed by atoms with Crippen LogP contribution in [0.5, 0.6) is 5.75 Å². The van der Waals surface area contributed by atoms with Crippen molar-refractivity contribution >= 4 is 34.3 Å². The predicted octanol–water partition coefficient (Wildman–Crippen LogP) is 6.25. The van der Waals surface area contributed by atoms with Crippen LogP contribution in [0, 0.1) is 6.92 Å². The van der Waals surface area contributed by atoms with Crippen LogP contribution < -0.4 is 10.1 Å². The van der Waals surface area contributed by atoms with Gasteiger partial charge in [0.15, 0.2) is 11.2 Å². The number of carbonyl (C=O) groups is 1. The maximum atomic E-state index is 12.7. The zero-order chi connectivity index (χ0) is 21.3. The van der Waals surface area contributed by atoms with E-state index in [9.17, 15) is 4.79 Å². The van der Waals surface area contributed by atoms with Gasteiger partial charge in [-0.25, -0.2) is 4.98 Å². The Bertz CT molecular complexity index is 1200. The molecular formula is C24H21ClN2O3. The summed E-state index contributed by atoms with van der Waals surface area (Å²) in [4.78, 5) is 17.2. The maximum Gasteiger partial charge on any atom is 0.267 e. The summed E-state index contributed by atoms with van der Waals surface area (Å²) >= 11 is 5.89. The molecule has 1 heterocycles. The third-order valence-electron chi connectivity index (χ3n) is 4.67. The van der Waals surface area contributed by atoms with Crippen molar-refractivity contribution in [2.24, 2.45) is 0 Å². The highest BCUT2D eigenvalue weighted by Gasteiger charge is 2.30. The zero-order valence-corrected chi connectivity index (χ0v) is 17.7. The van der Waals surface area contributed by atoms with Gasteiger partial charge in [0.25, 0.3) is 5.91 Å². The van der Waals surface area contributed by atoms with Crippen LogP contribution in [0.2, 0.25) is 5.02 Å². The maximum absolute atomic E-state index is 12.7. The number of halogens is 1. The van der Waals surface area contributed by atoms with Crippen molar-refractivity contribution in [1.29, 1.82) is 0 Å². The van der Waals surface area contributed by atoms with E-state index in [1.54, 1.807) is 38.1 Å². The molecule has 0 spiro atoms. The number of benzene rings is 3. The normalized spacial score (nSPS) is 11.5. The molecule has 3 aromatic carbocycles. The first-order chi connectivity index (χ1) is 14.3. The molecule has 0 saturated carbocycles. The minimum Gasteiger partial charge on any atom is -0.478 e. The lowest BCUT2D eigenvalue weighted by Crippen LogP contribution is -2.42. The number of hydrogen-bond donors (Lipinski definition) is 1. The van der Waals surface area contributed by atoms with Gasteiger partial charge < -0.3 is 14.5 Å². The number of aryl methyl sites for hydroxylation is 1. The van der Waals surface area contributed by atoms with Gasteiger partial charge in [0.1, 0.15) is 11.3 Å². The van der Waals surface area contributed by atoms with E-state index in [0.29, 0.717) is 22.4 Å². The van der Waals surface area contributed by atoms with Crippen LogP contribution in [0.25, 0.3) is 22.6 Å². The fraction of sp³-hybridized carbons (Fsp3) is 0.167. The Morgan fingerprint density at radius 1 is 1.03 bits per heavy atom. The van der Waals surface area contributed by atoms with Gasteiger partial charge in [-0.2, -0.15) is 0 Å². The lowest BCUT2D eigenvalue weighted by atomic mass is 10.1. The summed E-state index contributed by atoms with van der Waals surface area (Å²) in [5.74, 6) is 0.850. The molecule has 0 aliphatic heterocycles. The Balaban J connectivity index is 1.46. The molecule has 1 aromatic heterocycles. The third kappa shape index (κ3) is 4.31. The average molecular weight is 421 g/mol. The molecule has 0 fully saturated rings. The number of rotatable bonds is 5. The third-order valence-corrected chi connectivity index (χ3v) is 4.92. The fourth-order valence-corrected chi connectivity index (χ4v) is 3.10. The molecule has 4 aromatic rings. The largest absolute Gasteiger partial charge is 0.478 e. The summed E-state index contributed by atoms with van der Waals surface area (Å²) in [5.41, 5.74) is 3.11. The predicted molar refractivity (Wildman–Crippen MR) is 119 cm³/mol. The minimum absolute atomic E-state index is 0.262. The molecule has 30 heavy (non-hydrogen) atoms. The topological polar surface area (TPSA) is 64.4 Å². The summed E-state index contributed by atoms with van der Waals surface area (Å²) < 4.78 is 11.7. The summed E-state index contributed by atoms with van der Waals surface area (Å²) in [6, 6.07) is 20.1. The molecule has 4 rings (SSSR count). The van der Waals surface area contributed by atoms with Crippen molar-refractivity contribution < 1.29 is 13.9 Å². The molecule has 1 N–H and O–H groups in total. The molecule has 5 nitrogen and oxygen atoms in total. The number of hydrogen-bond acceptors (Lipinski definition) is 4. The molecule has 0 aliphatic carbocycles. The van der Waals surface area contributed by atoms with E-state index in [-0.39, 0.29) is 5.91 Å². The highest BCUT2D eigenvalue weighted by Crippen LogP contribution is 2.27. The van der Waals surface area contributed by atoms with Crippen molar-refractivity contribution in [3.8, 4) is 17.2 Å². The molecule has 0 bridgehead atoms. The van der Waals surface area contributed by atoms with Gasteiger partial charge in [-0.3, -0.25) is 4.79 Å². The van der Waals surface area contributed by atoms with Crippen LogP contribution in [0.15, 0.2) is 71.1 Å². The van der Waals surface area contributed by atoms with Crippen LogP contribution in [-0.4, -0.2) is 16.5 Å². The summed E-state index contributed by atoms with van der Waals surface area (Å²) in [5, 5.41) is 3.50. The molecule has 1 amide bonds. The van der Waals surface area contributed by atoms with Crippen LogP contribution in [0.1, 0.15) is 19.4 Å². The van der Waals surface area contributed by atoms with Gasteiger partial charge in [-0.05, 0) is 87.0 Å². The van der Waals surface area contributed by atoms with Crippen LogP contribution in [-0.2, 0) is 4.79 Å². The number of aromatic nitrogens is 1. The van der Waals surface area contributed by atoms with E-state index in [0.717, 1.165) is 22.2 Å². The minimum atomic E-state index is -1.06. The Morgan fingerprint density at radius 3 is 2.43 bits per heavy atom. The van der Waals surface area contributed by atoms with Gasteiger partial charge in [-0.15, -0.1) is 0 Å². The average Bonchev–Trinajstić information content (AvgIpc) is 3.13. The number of ether oxygens (including phenoxy) is 1. The number of anilines is 1. The van der Waals surface area contributed by atoms with Gasteiger partial charge in [0.05, 0.1) is 0 Å². The Labute approximate surface area is 179 Å². The Kier molecular flexibility index (Phi) is 5.22. The van der Waals surface area contributed by atoms with Crippen LogP contribution >= 0.6 is 11.6 Å². The molecule has 0 saturated heterocycles. The lowest BCUT2D eigenvalue weighted by Gasteiger charge is -2.25. The second-order valence-corrected chi connectivity index (χ2v) is 8.02. The Morgan fingerprint density at radius 2 is 1.73 bits per heavy atom. The van der Waals surface area contributed by atoms with Crippen molar-refractivity contribution in [2.45, 2.75) is 26.4 Å². The van der Waals surface area contributed by atoms with E-state index in [1.807, 2.05) is 49.4 Å². The molecule has 0 aliphatic rings. The van der Waals surface area contributed by atoms with Gasteiger partial charge in [0, 0.05) is 16.3 Å². The molecule has 0 radical (unpaired) electrons. The van der Waals surface area contributed by atoms with Crippen molar-refractivity contribution in [3.63, 3.8) is 0 Å². The van der Waals surface area contributed by atoms with Crippen LogP contribution in [0.3, 0.4) is 0 Å². The van der Waals surface area contributed by atoms with Crippen molar-refractivity contribution in [2.75, 3.05) is 5.32 Å². The van der Waals surface area contributed by atoms with E-state index < -0.39 is 5.60 Å². The van der Waals surface area contributed by atoms with E-state index in [2.05, 4.69) is 10.3 Å². The first-order valence-electron chi connectivity index (χ1n) is 9.54. The number of nitrogens with zero attached hydrogens (tertiary/aromatic N) is 1. The van der Waals surface area contributed by atoms with Crippen LogP contribution in [0.4, 0.5) is 5.69 Å². The summed E-state index contributed by atoms with van der Waals surface area (Å²) in [7, 11) is 0. The summed E-state index contributed by atoms with van der Waals surface area (Å²) in [6.07, 6.45) is 0. The van der Waals surface area contributed by atoms with E-state index >= 15 is 0 Å². The second kappa shape index (κ2) is 7.84. The monoisotopic (exact) mass is 420 g/mol. The van der Waals surface area contributed by atoms with E-state index in [4.69, 9.17) is 20.8 Å². The number of fused-ring (bicyclic) bond motifs is 1. The van der Waals surface area contributed by atoms with Crippen molar-refractivity contribution in [3.05, 3.63) is 77.3 Å². The first kappa shape index (κ1) is 20.0. The Hall–Kier alpha value is -3.31. The van der Waals surface area contributed by atoms with Crippen molar-refractivity contribution in [1.82, 2.24) is 4.98 Å². The van der Waals surface area contributed by atoms with Gasteiger partial charge >= 0.3 is 0 Å². The smallest absolute Gasteiger partial charge is 0.267 e. The molecule has 6 heteroatoms. The zero-order valence-electron chi connectivity index (χ0n) is 16.9. The summed E-state index contributed by atoms with van der Waals surface area (Å²) in [6.45, 7) is 5.44. The second-order valence-electron chi connectivity index (χ2n) is 7.59. The SMILES string of the molecule is Cc1ccc2nc(-c3ccc(NC(=O)C(C)(C)Oc4ccc(Cl)cc4)cc3)oc2c1. The molecular weight excluding hydrogens is 400 g/mol. The number of nitrogens with one attached hydrogen (secondary N) is 1. The number of amides is 1. The highest BCUT2D eigenvalue weighted by atomic mass is 35.5. The standard InChI is InChI=1S/C24H21ClN2O3/c1-15-4-13-20-21(14-15)29-22(27-20)16-5-9-18(10-6-16)26-23(28)24(2,3)30-19-11-7-17(25)8-12-19/h4-14H,1-3H3,(H,26,28). The molecule has 152 valence electrons. The molecule has 0 atom stereocenters. The highest BCUT2D eigenvalue weighted by molar-refractivity contribution is 6.30. The quantitative estimate of drug-likeness (QED) is 0.414.